The molecule has 1 saturated heterocycles. The van der Waals surface area contributed by atoms with Crippen molar-refractivity contribution < 1.29 is 31.1 Å². The lowest BCUT2D eigenvalue weighted by atomic mass is 10.0. The van der Waals surface area contributed by atoms with Gasteiger partial charge in [0.25, 0.3) is 10.0 Å². The Bertz CT molecular complexity index is 1710. The van der Waals surface area contributed by atoms with Crippen LogP contribution >= 0.6 is 0 Å². The van der Waals surface area contributed by atoms with Crippen LogP contribution in [0.1, 0.15) is 25.8 Å². The standard InChI is InChI=1S/C29H28F3N5O4S/c1-19(38)35-14-10-22(11-15-35)36-17-24(20-8-12-33-13-9-20)29(34-36)23-4-3-5-26(28(23)32)37(18-41-2)42(39,40)27-16-21(30)6-7-25(27)31/h3-9,12-13,16-17,22H,10-11,14-15,18H2,1-2H3. The molecule has 0 saturated carbocycles. The number of aromatic nitrogens is 3. The molecule has 5 rings (SSSR count). The predicted octanol–water partition coefficient (Wildman–Crippen LogP) is 5.01. The summed E-state index contributed by atoms with van der Waals surface area (Å²) in [5.41, 5.74) is 1.11. The molecule has 9 nitrogen and oxygen atoms in total. The average molecular weight is 600 g/mol. The molecule has 0 spiro atoms. The summed E-state index contributed by atoms with van der Waals surface area (Å²) in [6.45, 7) is 1.98. The Morgan fingerprint density at radius 1 is 1.05 bits per heavy atom. The minimum absolute atomic E-state index is 0.000322. The molecule has 13 heteroatoms. The minimum Gasteiger partial charge on any atom is -0.363 e. The number of rotatable bonds is 8. The zero-order valence-corrected chi connectivity index (χ0v) is 23.7. The van der Waals surface area contributed by atoms with Crippen LogP contribution in [0.15, 0.2) is 72.0 Å². The summed E-state index contributed by atoms with van der Waals surface area (Å²) >= 11 is 0. The fourth-order valence-corrected chi connectivity index (χ4v) is 6.50. The third-order valence-corrected chi connectivity index (χ3v) is 8.97. The second-order valence-corrected chi connectivity index (χ2v) is 11.7. The number of likely N-dealkylation sites (tertiary alicyclic amines) is 1. The van der Waals surface area contributed by atoms with E-state index in [2.05, 4.69) is 4.98 Å². The lowest BCUT2D eigenvalue weighted by Gasteiger charge is -2.31. The first-order valence-corrected chi connectivity index (χ1v) is 14.6. The van der Waals surface area contributed by atoms with Gasteiger partial charge in [0.2, 0.25) is 5.91 Å². The summed E-state index contributed by atoms with van der Waals surface area (Å²) in [5.74, 6) is -3.10. The minimum atomic E-state index is -4.79. The molecule has 1 fully saturated rings. The number of hydrogen-bond donors (Lipinski definition) is 0. The summed E-state index contributed by atoms with van der Waals surface area (Å²) in [4.78, 5) is 16.7. The molecule has 4 aromatic rings. The molecule has 1 aliphatic rings. The smallest absolute Gasteiger partial charge is 0.269 e. The maximum atomic E-state index is 16.4. The monoisotopic (exact) mass is 599 g/mol. The lowest BCUT2D eigenvalue weighted by molar-refractivity contribution is -0.130. The highest BCUT2D eigenvalue weighted by atomic mass is 32.2. The van der Waals surface area contributed by atoms with Crippen molar-refractivity contribution in [3.8, 4) is 22.4 Å². The number of sulfonamides is 1. The number of benzene rings is 2. The van der Waals surface area contributed by atoms with Gasteiger partial charge in [-0.1, -0.05) is 6.07 Å². The van der Waals surface area contributed by atoms with Gasteiger partial charge in [-0.25, -0.2) is 25.9 Å². The first kappa shape index (κ1) is 29.3. The van der Waals surface area contributed by atoms with Crippen molar-refractivity contribution in [2.45, 2.75) is 30.7 Å². The van der Waals surface area contributed by atoms with E-state index in [0.29, 0.717) is 53.5 Å². The Morgan fingerprint density at radius 2 is 1.76 bits per heavy atom. The first-order valence-electron chi connectivity index (χ1n) is 13.1. The van der Waals surface area contributed by atoms with Crippen LogP contribution in [0.2, 0.25) is 0 Å². The van der Waals surface area contributed by atoms with E-state index in [9.17, 15) is 22.0 Å². The van der Waals surface area contributed by atoms with Crippen LogP contribution in [0.5, 0.6) is 0 Å². The maximum absolute atomic E-state index is 16.4. The molecule has 0 unspecified atom stereocenters. The molecular formula is C29H28F3N5O4S. The number of hydrogen-bond acceptors (Lipinski definition) is 6. The molecule has 3 heterocycles. The zero-order chi connectivity index (χ0) is 30.0. The largest absolute Gasteiger partial charge is 0.363 e. The van der Waals surface area contributed by atoms with Crippen LogP contribution < -0.4 is 4.31 Å². The number of halogens is 3. The van der Waals surface area contributed by atoms with E-state index in [0.717, 1.165) is 6.07 Å². The van der Waals surface area contributed by atoms with Gasteiger partial charge in [0.05, 0.1) is 11.7 Å². The van der Waals surface area contributed by atoms with Crippen LogP contribution in [0.3, 0.4) is 0 Å². The van der Waals surface area contributed by atoms with Crippen molar-refractivity contribution in [3.05, 3.63) is 84.6 Å². The third-order valence-electron chi connectivity index (χ3n) is 7.22. The molecule has 0 atom stereocenters. The van der Waals surface area contributed by atoms with Crippen molar-refractivity contribution in [3.63, 3.8) is 0 Å². The summed E-state index contributed by atoms with van der Waals surface area (Å²) in [7, 11) is -3.59. The number of piperidine rings is 1. The number of ether oxygens (including phenoxy) is 1. The molecule has 2 aromatic carbocycles. The summed E-state index contributed by atoms with van der Waals surface area (Å²) in [5, 5.41) is 4.75. The Hall–Kier alpha value is -4.23. The number of methoxy groups -OCH3 is 1. The fraction of sp³-hybridized carbons (Fsp3) is 0.276. The molecule has 1 aliphatic heterocycles. The van der Waals surface area contributed by atoms with Crippen LogP contribution in [0.25, 0.3) is 22.4 Å². The number of carbonyl (C=O) groups is 1. The van der Waals surface area contributed by atoms with Gasteiger partial charge in [-0.15, -0.1) is 0 Å². The van der Waals surface area contributed by atoms with E-state index in [1.165, 1.54) is 32.2 Å². The third kappa shape index (κ3) is 5.61. The molecule has 0 aliphatic carbocycles. The van der Waals surface area contributed by atoms with Gasteiger partial charge in [-0.05, 0) is 60.9 Å². The van der Waals surface area contributed by atoms with Gasteiger partial charge in [-0.3, -0.25) is 14.5 Å². The molecule has 0 radical (unpaired) electrons. The van der Waals surface area contributed by atoms with Crippen molar-refractivity contribution >= 4 is 21.6 Å². The molecule has 1 amide bonds. The molecule has 2 aromatic heterocycles. The van der Waals surface area contributed by atoms with Crippen LogP contribution in [0, 0.1) is 17.5 Å². The highest BCUT2D eigenvalue weighted by Crippen LogP contribution is 2.38. The number of pyridine rings is 1. The van der Waals surface area contributed by atoms with Gasteiger partial charge < -0.3 is 9.64 Å². The Morgan fingerprint density at radius 3 is 2.43 bits per heavy atom. The summed E-state index contributed by atoms with van der Waals surface area (Å²) < 4.78 is 79.2. The topological polar surface area (TPSA) is 97.6 Å². The van der Waals surface area contributed by atoms with E-state index < -0.39 is 44.8 Å². The van der Waals surface area contributed by atoms with E-state index in [1.54, 1.807) is 40.3 Å². The van der Waals surface area contributed by atoms with Crippen LogP contribution in [-0.4, -0.2) is 60.9 Å². The summed E-state index contributed by atoms with van der Waals surface area (Å²) in [6.07, 6.45) is 6.29. The Labute approximate surface area is 241 Å². The van der Waals surface area contributed by atoms with Gasteiger partial charge >= 0.3 is 0 Å². The zero-order valence-electron chi connectivity index (χ0n) is 22.9. The first-order chi connectivity index (χ1) is 20.1. The number of carbonyl (C=O) groups excluding carboxylic acids is 1. The van der Waals surface area contributed by atoms with Gasteiger partial charge in [0.1, 0.15) is 29.0 Å². The van der Waals surface area contributed by atoms with Crippen LogP contribution in [-0.2, 0) is 19.6 Å². The van der Waals surface area contributed by atoms with E-state index in [4.69, 9.17) is 9.84 Å². The quantitative estimate of drug-likeness (QED) is 0.264. The second-order valence-electron chi connectivity index (χ2n) is 9.83. The molecule has 220 valence electrons. The normalized spacial score (nSPS) is 14.3. The Balaban J connectivity index is 1.61. The summed E-state index contributed by atoms with van der Waals surface area (Å²) in [6, 6.07) is 9.60. The lowest BCUT2D eigenvalue weighted by Crippen LogP contribution is -2.37. The van der Waals surface area contributed by atoms with Gasteiger partial charge in [-0.2, -0.15) is 5.10 Å². The van der Waals surface area contributed by atoms with Crippen molar-refractivity contribution in [2.75, 3.05) is 31.2 Å². The molecule has 0 bridgehead atoms. The number of anilines is 1. The second kappa shape index (κ2) is 11.9. The Kier molecular flexibility index (Phi) is 8.32. The van der Waals surface area contributed by atoms with Crippen LogP contribution in [0.4, 0.5) is 18.9 Å². The SMILES string of the molecule is COCN(c1cccc(-c2nn(C3CCN(C(C)=O)CC3)cc2-c2ccncc2)c1F)S(=O)(=O)c1cc(F)ccc1F. The highest BCUT2D eigenvalue weighted by Gasteiger charge is 2.32. The molecule has 42 heavy (non-hydrogen) atoms. The molecular weight excluding hydrogens is 571 g/mol. The van der Waals surface area contributed by atoms with Crippen molar-refractivity contribution in [1.29, 1.82) is 0 Å². The van der Waals surface area contributed by atoms with E-state index in [1.807, 2.05) is 0 Å². The van der Waals surface area contributed by atoms with Crippen molar-refractivity contribution in [1.82, 2.24) is 19.7 Å². The van der Waals surface area contributed by atoms with Crippen molar-refractivity contribution in [2.24, 2.45) is 0 Å². The van der Waals surface area contributed by atoms with Gasteiger partial charge in [0.15, 0.2) is 5.82 Å². The fourth-order valence-electron chi connectivity index (χ4n) is 5.04. The molecule has 0 N–H and O–H groups in total. The maximum Gasteiger partial charge on any atom is 0.269 e. The van der Waals surface area contributed by atoms with Gasteiger partial charge in [0, 0.05) is 56.8 Å². The van der Waals surface area contributed by atoms with E-state index in [-0.39, 0.29) is 23.2 Å². The number of nitrogens with zero attached hydrogens (tertiary/aromatic N) is 5. The van der Waals surface area contributed by atoms with E-state index >= 15 is 4.39 Å². The average Bonchev–Trinajstić information content (AvgIpc) is 3.43. The number of amides is 1. The highest BCUT2D eigenvalue weighted by molar-refractivity contribution is 7.92. The predicted molar refractivity (Wildman–Crippen MR) is 149 cm³/mol.